The number of nitrogens with zero attached hydrogens (tertiary/aromatic N) is 3. The highest BCUT2D eigenvalue weighted by Crippen LogP contribution is 2.21. The zero-order valence-corrected chi connectivity index (χ0v) is 22.1. The smallest absolute Gasteiger partial charge is 0.226 e. The molecule has 2 heterocycles. The van der Waals surface area contributed by atoms with Crippen LogP contribution >= 0.6 is 11.6 Å². The zero-order valence-electron chi connectivity index (χ0n) is 21.4. The molecule has 1 atom stereocenters. The van der Waals surface area contributed by atoms with E-state index in [0.717, 1.165) is 40.7 Å². The Labute approximate surface area is 222 Å². The number of carbonyl (C=O) groups is 1. The number of hydrazine groups is 1. The highest BCUT2D eigenvalue weighted by Gasteiger charge is 2.21. The van der Waals surface area contributed by atoms with Crippen molar-refractivity contribution in [1.82, 2.24) is 26.3 Å². The van der Waals surface area contributed by atoms with Crippen molar-refractivity contribution in [3.05, 3.63) is 77.0 Å². The molecule has 0 spiro atoms. The number of aromatic nitrogens is 2. The maximum absolute atomic E-state index is 12.2. The second kappa shape index (κ2) is 14.5. The van der Waals surface area contributed by atoms with Crippen LogP contribution in [0.2, 0.25) is 0 Å². The fourth-order valence-corrected chi connectivity index (χ4v) is 3.91. The molecule has 1 aromatic carbocycles. The molecule has 3 rings (SSSR count). The Morgan fingerprint density at radius 1 is 1.35 bits per heavy atom. The van der Waals surface area contributed by atoms with Crippen LogP contribution in [-0.4, -0.2) is 46.0 Å². The highest BCUT2D eigenvalue weighted by molar-refractivity contribution is 6.19. The number of aliphatic hydroxyl groups excluding tert-OH is 1. The molecule has 0 saturated heterocycles. The van der Waals surface area contributed by atoms with Gasteiger partial charge in [0.15, 0.2) is 0 Å². The lowest BCUT2D eigenvalue weighted by atomic mass is 10.0. The number of amides is 1. The van der Waals surface area contributed by atoms with E-state index in [4.69, 9.17) is 16.1 Å². The number of hydrogen-bond donors (Lipinski definition) is 4. The predicted octanol–water partition coefficient (Wildman–Crippen LogP) is 3.90. The molecule has 1 aromatic heterocycles. The highest BCUT2D eigenvalue weighted by atomic mass is 35.5. The SMILES string of the molecule is C=C/C(C)=C\C(=C/CCl)c1noc(CCCC(=O)NCCCCN=C2NNC(O)c3ccc(C)cc32)n1. The minimum absolute atomic E-state index is 0.00476. The molecule has 0 saturated carbocycles. The molecule has 1 aliphatic heterocycles. The second-order valence-corrected chi connectivity index (χ2v) is 9.13. The number of hydrogen-bond acceptors (Lipinski definition) is 7. The van der Waals surface area contributed by atoms with Gasteiger partial charge in [0.25, 0.3) is 0 Å². The van der Waals surface area contributed by atoms with Crippen LogP contribution in [0.5, 0.6) is 0 Å². The van der Waals surface area contributed by atoms with Gasteiger partial charge in [0.2, 0.25) is 17.6 Å². The number of allylic oxidation sites excluding steroid dienone is 5. The molecule has 198 valence electrons. The number of amidine groups is 1. The second-order valence-electron chi connectivity index (χ2n) is 8.82. The number of halogens is 1. The summed E-state index contributed by atoms with van der Waals surface area (Å²) in [7, 11) is 0. The van der Waals surface area contributed by atoms with E-state index >= 15 is 0 Å². The number of benzene rings is 1. The van der Waals surface area contributed by atoms with Gasteiger partial charge >= 0.3 is 0 Å². The molecule has 0 fully saturated rings. The first-order valence-electron chi connectivity index (χ1n) is 12.4. The lowest BCUT2D eigenvalue weighted by Gasteiger charge is -2.26. The molecule has 1 unspecified atom stereocenters. The van der Waals surface area contributed by atoms with Crippen molar-refractivity contribution in [3.63, 3.8) is 0 Å². The number of aliphatic hydroxyl groups is 1. The molecular weight excluding hydrogens is 492 g/mol. The maximum atomic E-state index is 12.2. The Balaban J connectivity index is 1.35. The molecule has 0 radical (unpaired) electrons. The summed E-state index contributed by atoms with van der Waals surface area (Å²) >= 11 is 5.85. The topological polar surface area (TPSA) is 125 Å². The van der Waals surface area contributed by atoms with Crippen molar-refractivity contribution >= 4 is 28.9 Å². The van der Waals surface area contributed by atoms with E-state index in [1.54, 1.807) is 6.08 Å². The van der Waals surface area contributed by atoms with Crippen LogP contribution in [0.4, 0.5) is 0 Å². The largest absolute Gasteiger partial charge is 0.373 e. The third-order valence-electron chi connectivity index (χ3n) is 5.79. The number of nitrogens with one attached hydrogen (secondary N) is 3. The summed E-state index contributed by atoms with van der Waals surface area (Å²) in [5.74, 6) is 2.00. The summed E-state index contributed by atoms with van der Waals surface area (Å²) in [6, 6.07) is 5.88. The van der Waals surface area contributed by atoms with Crippen molar-refractivity contribution in [1.29, 1.82) is 0 Å². The van der Waals surface area contributed by atoms with E-state index < -0.39 is 6.23 Å². The summed E-state index contributed by atoms with van der Waals surface area (Å²) in [6.07, 6.45) is 7.86. The minimum Gasteiger partial charge on any atom is -0.373 e. The van der Waals surface area contributed by atoms with Crippen molar-refractivity contribution < 1.29 is 14.4 Å². The van der Waals surface area contributed by atoms with Gasteiger partial charge in [-0.2, -0.15) is 4.98 Å². The van der Waals surface area contributed by atoms with Gasteiger partial charge in [-0.3, -0.25) is 9.79 Å². The van der Waals surface area contributed by atoms with E-state index in [0.29, 0.717) is 55.8 Å². The quantitative estimate of drug-likeness (QED) is 0.177. The lowest BCUT2D eigenvalue weighted by Crippen LogP contribution is -2.45. The number of rotatable bonds is 13. The first-order valence-corrected chi connectivity index (χ1v) is 13.0. The fourth-order valence-electron chi connectivity index (χ4n) is 3.74. The van der Waals surface area contributed by atoms with Crippen LogP contribution in [0.15, 0.2) is 58.1 Å². The third kappa shape index (κ3) is 8.66. The number of aliphatic imine (C=N–C) groups is 1. The van der Waals surface area contributed by atoms with E-state index in [-0.39, 0.29) is 5.91 Å². The van der Waals surface area contributed by atoms with Crippen molar-refractivity contribution in [2.24, 2.45) is 4.99 Å². The molecule has 1 amide bonds. The Bertz CT molecular complexity index is 1170. The number of carbonyl (C=O) groups excluding carboxylic acids is 1. The van der Waals surface area contributed by atoms with E-state index in [9.17, 15) is 9.90 Å². The summed E-state index contributed by atoms with van der Waals surface area (Å²) in [4.78, 5) is 21.2. The summed E-state index contributed by atoms with van der Waals surface area (Å²) in [5, 5.41) is 17.1. The fraction of sp³-hybridized carbons (Fsp3) is 0.407. The maximum Gasteiger partial charge on any atom is 0.226 e. The Morgan fingerprint density at radius 3 is 2.97 bits per heavy atom. The van der Waals surface area contributed by atoms with Gasteiger partial charge in [0.1, 0.15) is 12.1 Å². The van der Waals surface area contributed by atoms with Gasteiger partial charge in [0, 0.05) is 48.5 Å². The van der Waals surface area contributed by atoms with Gasteiger partial charge in [-0.15, -0.1) is 11.6 Å². The number of unbranched alkanes of at least 4 members (excludes halogenated alkanes) is 1. The lowest BCUT2D eigenvalue weighted by molar-refractivity contribution is -0.121. The molecule has 10 heteroatoms. The minimum atomic E-state index is -0.763. The molecular formula is C27H35ClN6O3. The molecule has 4 N–H and O–H groups in total. The van der Waals surface area contributed by atoms with Gasteiger partial charge in [-0.1, -0.05) is 47.2 Å². The van der Waals surface area contributed by atoms with Crippen LogP contribution in [0, 0.1) is 6.92 Å². The molecule has 9 nitrogen and oxygen atoms in total. The van der Waals surface area contributed by atoms with E-state index in [2.05, 4.69) is 37.9 Å². The number of fused-ring (bicyclic) bond motifs is 1. The molecule has 1 aliphatic rings. The van der Waals surface area contributed by atoms with Crippen molar-refractivity contribution in [3.8, 4) is 0 Å². The van der Waals surface area contributed by atoms with Crippen molar-refractivity contribution in [2.45, 2.75) is 52.2 Å². The standard InChI is InChI=1S/C27H35ClN6O3/c1-4-18(2)16-20(12-13-28)25-31-24(37-34-25)9-7-8-23(35)29-14-5-6-15-30-26-22-17-19(3)10-11-21(22)27(36)33-32-26/h4,10-12,16-17,27,33,36H,1,5-9,13-15H2,2-3H3,(H,29,35)(H,30,32)/b18-16-,20-12+. The van der Waals surface area contributed by atoms with Crippen LogP contribution in [-0.2, 0) is 11.2 Å². The van der Waals surface area contributed by atoms with Crippen LogP contribution < -0.4 is 16.2 Å². The van der Waals surface area contributed by atoms with Gasteiger partial charge < -0.3 is 20.4 Å². The Kier molecular flexibility index (Phi) is 11.1. The first-order chi connectivity index (χ1) is 17.9. The van der Waals surface area contributed by atoms with Crippen LogP contribution in [0.1, 0.15) is 67.2 Å². The Morgan fingerprint density at radius 2 is 2.19 bits per heavy atom. The van der Waals surface area contributed by atoms with Gasteiger partial charge in [0.05, 0.1) is 0 Å². The average molecular weight is 527 g/mol. The summed E-state index contributed by atoms with van der Waals surface area (Å²) in [5.41, 5.74) is 10.3. The molecule has 0 bridgehead atoms. The number of alkyl halides is 1. The normalized spacial score (nSPS) is 16.9. The van der Waals surface area contributed by atoms with Crippen molar-refractivity contribution in [2.75, 3.05) is 19.0 Å². The van der Waals surface area contributed by atoms with Gasteiger partial charge in [-0.25, -0.2) is 5.43 Å². The molecule has 37 heavy (non-hydrogen) atoms. The van der Waals surface area contributed by atoms with Crippen LogP contribution in [0.3, 0.4) is 0 Å². The summed E-state index contributed by atoms with van der Waals surface area (Å²) in [6.45, 7) is 8.90. The predicted molar refractivity (Wildman–Crippen MR) is 146 cm³/mol. The summed E-state index contributed by atoms with van der Waals surface area (Å²) < 4.78 is 5.33. The number of aryl methyl sites for hydroxylation is 2. The average Bonchev–Trinajstić information content (AvgIpc) is 3.35. The third-order valence-corrected chi connectivity index (χ3v) is 5.94. The van der Waals surface area contributed by atoms with Gasteiger partial charge in [-0.05, 0) is 45.3 Å². The first kappa shape index (κ1) is 28.3. The van der Waals surface area contributed by atoms with E-state index in [1.165, 1.54) is 0 Å². The Hall–Kier alpha value is -3.27. The molecule has 2 aromatic rings. The monoisotopic (exact) mass is 526 g/mol. The molecule has 0 aliphatic carbocycles. The zero-order chi connectivity index (χ0) is 26.6. The van der Waals surface area contributed by atoms with E-state index in [1.807, 2.05) is 44.2 Å². The van der Waals surface area contributed by atoms with Crippen LogP contribution in [0.25, 0.3) is 5.57 Å².